The van der Waals surface area contributed by atoms with E-state index in [1.807, 2.05) is 18.2 Å². The fraction of sp³-hybridized carbons (Fsp3) is 0. The second kappa shape index (κ2) is 3.91. The Morgan fingerprint density at radius 2 is 1.43 bits per heavy atom. The topological polar surface area (TPSA) is 12.9 Å². The van der Waals surface area contributed by atoms with Crippen LogP contribution >= 0.6 is 0 Å². The molecule has 0 amide bonds. The van der Waals surface area contributed by atoms with Gasteiger partial charge < -0.3 is 0 Å². The number of nitrogens with zero attached hydrogens (tertiary/aromatic N) is 1. The van der Waals surface area contributed by atoms with Gasteiger partial charge in [0.15, 0.2) is 0 Å². The van der Waals surface area contributed by atoms with Crippen molar-refractivity contribution in [3.05, 3.63) is 30.6 Å². The van der Waals surface area contributed by atoms with E-state index in [9.17, 15) is 0 Å². The summed E-state index contributed by atoms with van der Waals surface area (Å²) in [6.07, 6.45) is 3.50. The molecule has 0 aliphatic carbocycles. The first-order valence-corrected chi connectivity index (χ1v) is 1.85. The maximum atomic E-state index is 3.78. The van der Waals surface area contributed by atoms with Gasteiger partial charge in [0.1, 0.15) is 0 Å². The molecule has 0 aliphatic rings. The summed E-state index contributed by atoms with van der Waals surface area (Å²) in [5.74, 6) is 0. The quantitative estimate of drug-likeness (QED) is 0.512. The molecule has 1 nitrogen and oxygen atoms in total. The van der Waals surface area contributed by atoms with Gasteiger partial charge in [0.25, 0.3) is 0 Å². The SMILES string of the molecule is [V+5].c1ccncc1. The third-order valence-corrected chi connectivity index (χ3v) is 0.566. The van der Waals surface area contributed by atoms with Crippen LogP contribution in [0.2, 0.25) is 0 Å². The molecule has 0 aromatic carbocycles. The molecule has 7 heavy (non-hydrogen) atoms. The fourth-order valence-electron chi connectivity index (χ4n) is 0.313. The van der Waals surface area contributed by atoms with E-state index >= 15 is 0 Å². The standard InChI is InChI=1S/C5H5N.V/c1-2-4-6-5-3-1;/h1-5H;/q;+5. The first kappa shape index (κ1) is 6.73. The smallest absolute Gasteiger partial charge is 0.265 e. The Hall–Kier alpha value is -0.266. The van der Waals surface area contributed by atoms with Crippen LogP contribution in [0.5, 0.6) is 0 Å². The fourth-order valence-corrected chi connectivity index (χ4v) is 0.313. The molecule has 0 unspecified atom stereocenters. The van der Waals surface area contributed by atoms with Crippen molar-refractivity contribution in [2.24, 2.45) is 0 Å². The van der Waals surface area contributed by atoms with Gasteiger partial charge in [0.2, 0.25) is 0 Å². The first-order chi connectivity index (χ1) is 3.00. The summed E-state index contributed by atoms with van der Waals surface area (Å²) < 4.78 is 0. The van der Waals surface area contributed by atoms with E-state index in [4.69, 9.17) is 0 Å². The summed E-state index contributed by atoms with van der Waals surface area (Å²) in [4.78, 5) is 3.78. The van der Waals surface area contributed by atoms with Crippen molar-refractivity contribution in [2.75, 3.05) is 0 Å². The van der Waals surface area contributed by atoms with Gasteiger partial charge in [-0.15, -0.1) is 0 Å². The molecule has 0 radical (unpaired) electrons. The largest absolute Gasteiger partial charge is 5.00 e. The maximum absolute atomic E-state index is 3.78. The zero-order chi connectivity index (χ0) is 4.24. The molecule has 0 aliphatic heterocycles. The predicted octanol–water partition coefficient (Wildman–Crippen LogP) is 1.08. The molecule has 0 bridgehead atoms. The Bertz CT molecular complexity index is 80.0. The summed E-state index contributed by atoms with van der Waals surface area (Å²) in [6, 6.07) is 5.72. The van der Waals surface area contributed by atoms with Crippen LogP contribution in [0.25, 0.3) is 0 Å². The summed E-state index contributed by atoms with van der Waals surface area (Å²) >= 11 is 0. The average molecular weight is 130 g/mol. The minimum absolute atomic E-state index is 0. The number of hydrogen-bond acceptors (Lipinski definition) is 1. The molecular formula is C5H5NV+5. The zero-order valence-electron chi connectivity index (χ0n) is 3.78. The van der Waals surface area contributed by atoms with E-state index in [-0.39, 0.29) is 18.6 Å². The molecule has 30 valence electrons. The van der Waals surface area contributed by atoms with Gasteiger partial charge in [-0.25, -0.2) is 0 Å². The van der Waals surface area contributed by atoms with E-state index in [1.165, 1.54) is 0 Å². The Balaban J connectivity index is 0.000000360. The molecule has 0 saturated carbocycles. The number of rotatable bonds is 0. The molecule has 2 heteroatoms. The second-order valence-electron chi connectivity index (χ2n) is 1.02. The van der Waals surface area contributed by atoms with Gasteiger partial charge in [0.05, 0.1) is 0 Å². The van der Waals surface area contributed by atoms with Crippen LogP contribution in [0.1, 0.15) is 0 Å². The molecule has 0 saturated heterocycles. The third kappa shape index (κ3) is 2.43. The van der Waals surface area contributed by atoms with Gasteiger partial charge in [0, 0.05) is 12.4 Å². The van der Waals surface area contributed by atoms with Crippen molar-refractivity contribution in [1.82, 2.24) is 4.98 Å². The number of hydrogen-bond donors (Lipinski definition) is 0. The molecule has 0 N–H and O–H groups in total. The minimum Gasteiger partial charge on any atom is -0.265 e. The van der Waals surface area contributed by atoms with E-state index in [0.717, 1.165) is 0 Å². The van der Waals surface area contributed by atoms with Crippen LogP contribution in [0.15, 0.2) is 30.6 Å². The predicted molar refractivity (Wildman–Crippen MR) is 24.2 cm³/mol. The van der Waals surface area contributed by atoms with Crippen LogP contribution in [-0.2, 0) is 18.6 Å². The van der Waals surface area contributed by atoms with Crippen molar-refractivity contribution in [3.8, 4) is 0 Å². The molecular weight excluding hydrogens is 125 g/mol. The van der Waals surface area contributed by atoms with E-state index in [1.54, 1.807) is 12.4 Å². The van der Waals surface area contributed by atoms with E-state index < -0.39 is 0 Å². The van der Waals surface area contributed by atoms with Crippen molar-refractivity contribution < 1.29 is 18.6 Å². The number of aromatic nitrogens is 1. The zero-order valence-corrected chi connectivity index (χ0v) is 5.18. The Morgan fingerprint density at radius 3 is 1.57 bits per heavy atom. The molecule has 1 heterocycles. The molecule has 0 spiro atoms. The monoisotopic (exact) mass is 130 g/mol. The van der Waals surface area contributed by atoms with Gasteiger partial charge in [-0.3, -0.25) is 4.98 Å². The number of pyridine rings is 1. The van der Waals surface area contributed by atoms with E-state index in [2.05, 4.69) is 4.98 Å². The Kier molecular flexibility index (Phi) is 3.76. The average Bonchev–Trinajstić information content (AvgIpc) is 1.72. The summed E-state index contributed by atoms with van der Waals surface area (Å²) in [6.45, 7) is 0. The molecule has 1 aromatic rings. The Labute approximate surface area is 54.7 Å². The van der Waals surface area contributed by atoms with Gasteiger partial charge in [-0.1, -0.05) is 6.07 Å². The maximum Gasteiger partial charge on any atom is 5.00 e. The van der Waals surface area contributed by atoms with Gasteiger partial charge in [-0.2, -0.15) is 0 Å². The summed E-state index contributed by atoms with van der Waals surface area (Å²) in [7, 11) is 0. The Morgan fingerprint density at radius 1 is 0.857 bits per heavy atom. The third-order valence-electron chi connectivity index (χ3n) is 0.566. The molecule has 1 aromatic heterocycles. The van der Waals surface area contributed by atoms with E-state index in [0.29, 0.717) is 0 Å². The van der Waals surface area contributed by atoms with Gasteiger partial charge in [-0.05, 0) is 12.1 Å². The molecule has 0 atom stereocenters. The van der Waals surface area contributed by atoms with Crippen LogP contribution < -0.4 is 0 Å². The van der Waals surface area contributed by atoms with Crippen molar-refractivity contribution in [1.29, 1.82) is 0 Å². The van der Waals surface area contributed by atoms with Crippen molar-refractivity contribution >= 4 is 0 Å². The minimum atomic E-state index is 0. The summed E-state index contributed by atoms with van der Waals surface area (Å²) in [5.41, 5.74) is 0. The van der Waals surface area contributed by atoms with Crippen LogP contribution in [0.4, 0.5) is 0 Å². The van der Waals surface area contributed by atoms with Crippen LogP contribution in [-0.4, -0.2) is 4.98 Å². The summed E-state index contributed by atoms with van der Waals surface area (Å²) in [5, 5.41) is 0. The van der Waals surface area contributed by atoms with Crippen LogP contribution in [0, 0.1) is 0 Å². The first-order valence-electron chi connectivity index (χ1n) is 1.85. The second-order valence-corrected chi connectivity index (χ2v) is 1.02. The van der Waals surface area contributed by atoms with Gasteiger partial charge >= 0.3 is 18.6 Å². The van der Waals surface area contributed by atoms with Crippen molar-refractivity contribution in [3.63, 3.8) is 0 Å². The molecule has 0 fully saturated rings. The van der Waals surface area contributed by atoms with Crippen LogP contribution in [0.3, 0.4) is 0 Å². The molecule has 1 rings (SSSR count). The van der Waals surface area contributed by atoms with Crippen molar-refractivity contribution in [2.45, 2.75) is 0 Å². The normalized spacial score (nSPS) is 6.86.